The fourth-order valence-electron chi connectivity index (χ4n) is 2.91. The molecule has 7 nitrogen and oxygen atoms in total. The van der Waals surface area contributed by atoms with Crippen molar-refractivity contribution in [1.82, 2.24) is 9.80 Å². The summed E-state index contributed by atoms with van der Waals surface area (Å²) in [5.41, 5.74) is 7.43. The molecule has 0 spiro atoms. The van der Waals surface area contributed by atoms with E-state index in [0.717, 1.165) is 31.7 Å². The van der Waals surface area contributed by atoms with Crippen molar-refractivity contribution >= 4 is 42.3 Å². The minimum absolute atomic E-state index is 0. The Labute approximate surface area is 177 Å². The summed E-state index contributed by atoms with van der Waals surface area (Å²) in [5, 5.41) is 2.82. The van der Waals surface area contributed by atoms with Crippen LogP contribution in [-0.4, -0.2) is 54.8 Å². The van der Waals surface area contributed by atoms with Crippen molar-refractivity contribution in [3.8, 4) is 0 Å². The van der Waals surface area contributed by atoms with Crippen LogP contribution >= 0.6 is 24.8 Å². The van der Waals surface area contributed by atoms with E-state index in [1.165, 1.54) is 6.26 Å². The van der Waals surface area contributed by atoms with Crippen LogP contribution in [0.15, 0.2) is 41.0 Å². The molecule has 1 aliphatic heterocycles. The summed E-state index contributed by atoms with van der Waals surface area (Å²) in [5.74, 6) is 0.404. The molecule has 2 aromatic rings. The zero-order valence-electron chi connectivity index (χ0n) is 15.7. The molecule has 1 saturated heterocycles. The molecule has 1 aromatic heterocycles. The molecule has 0 unspecified atom stereocenters. The summed E-state index contributed by atoms with van der Waals surface area (Å²) < 4.78 is 5.18. The van der Waals surface area contributed by atoms with Crippen molar-refractivity contribution in [3.63, 3.8) is 0 Å². The van der Waals surface area contributed by atoms with Gasteiger partial charge in [-0.05, 0) is 30.8 Å². The molecule has 0 atom stereocenters. The van der Waals surface area contributed by atoms with Crippen LogP contribution in [0.25, 0.3) is 0 Å². The molecule has 28 heavy (non-hydrogen) atoms. The van der Waals surface area contributed by atoms with Crippen LogP contribution in [0.4, 0.5) is 5.69 Å². The van der Waals surface area contributed by atoms with Gasteiger partial charge in [-0.3, -0.25) is 9.59 Å². The van der Waals surface area contributed by atoms with Crippen LogP contribution in [-0.2, 0) is 17.8 Å². The maximum atomic E-state index is 12.5. The van der Waals surface area contributed by atoms with Gasteiger partial charge in [0.25, 0.3) is 5.91 Å². The largest absolute Gasteiger partial charge is 0.467 e. The first kappa shape index (κ1) is 24.0. The van der Waals surface area contributed by atoms with Gasteiger partial charge in [0, 0.05) is 31.9 Å². The third kappa shape index (κ3) is 6.24. The topological polar surface area (TPSA) is 91.8 Å². The number of nitrogens with two attached hydrogens (primary N) is 1. The SMILES string of the molecule is CN1CCN(C(=O)Cc2cccc(NC(=O)c3coc(CN)c3)c2)CC1.Cl.Cl. The molecule has 9 heteroatoms. The highest BCUT2D eigenvalue weighted by Gasteiger charge is 2.19. The smallest absolute Gasteiger partial charge is 0.258 e. The maximum absolute atomic E-state index is 12.5. The van der Waals surface area contributed by atoms with Gasteiger partial charge in [-0.2, -0.15) is 0 Å². The number of carbonyl (C=O) groups excluding carboxylic acids is 2. The Kier molecular flexibility index (Phi) is 9.48. The highest BCUT2D eigenvalue weighted by atomic mass is 35.5. The van der Waals surface area contributed by atoms with E-state index < -0.39 is 0 Å². The zero-order valence-corrected chi connectivity index (χ0v) is 17.4. The summed E-state index contributed by atoms with van der Waals surface area (Å²) >= 11 is 0. The molecule has 1 fully saturated rings. The molecule has 0 bridgehead atoms. The van der Waals surface area contributed by atoms with Gasteiger partial charge in [-0.25, -0.2) is 0 Å². The maximum Gasteiger partial charge on any atom is 0.258 e. The molecular formula is C19H26Cl2N4O3. The van der Waals surface area contributed by atoms with E-state index in [-0.39, 0.29) is 43.2 Å². The van der Waals surface area contributed by atoms with E-state index >= 15 is 0 Å². The predicted molar refractivity (Wildman–Crippen MR) is 113 cm³/mol. The van der Waals surface area contributed by atoms with Gasteiger partial charge in [-0.15, -0.1) is 24.8 Å². The number of nitrogens with zero attached hydrogens (tertiary/aromatic N) is 2. The first-order valence-corrected chi connectivity index (χ1v) is 8.69. The number of nitrogens with one attached hydrogen (secondary N) is 1. The van der Waals surface area contributed by atoms with Gasteiger partial charge in [-0.1, -0.05) is 12.1 Å². The predicted octanol–water partition coefficient (Wildman–Crippen LogP) is 2.15. The van der Waals surface area contributed by atoms with Crippen LogP contribution in [0.5, 0.6) is 0 Å². The molecule has 0 aliphatic carbocycles. The molecule has 3 rings (SSSR count). The number of halogens is 2. The van der Waals surface area contributed by atoms with E-state index in [2.05, 4.69) is 17.3 Å². The molecule has 2 heterocycles. The highest BCUT2D eigenvalue weighted by Crippen LogP contribution is 2.15. The Bertz CT molecular complexity index is 789. The van der Waals surface area contributed by atoms with E-state index in [4.69, 9.17) is 10.2 Å². The van der Waals surface area contributed by atoms with Gasteiger partial charge >= 0.3 is 0 Å². The van der Waals surface area contributed by atoms with Crippen LogP contribution in [0.2, 0.25) is 0 Å². The number of amides is 2. The molecule has 3 N–H and O–H groups in total. The number of anilines is 1. The second-order valence-corrected chi connectivity index (χ2v) is 6.52. The second-order valence-electron chi connectivity index (χ2n) is 6.52. The quantitative estimate of drug-likeness (QED) is 0.760. The minimum atomic E-state index is -0.268. The number of rotatable bonds is 5. The summed E-state index contributed by atoms with van der Waals surface area (Å²) in [6.07, 6.45) is 1.72. The number of piperazine rings is 1. The van der Waals surface area contributed by atoms with Crippen molar-refractivity contribution in [2.75, 3.05) is 38.5 Å². The molecule has 0 radical (unpaired) electrons. The van der Waals surface area contributed by atoms with Crippen molar-refractivity contribution in [2.24, 2.45) is 5.73 Å². The lowest BCUT2D eigenvalue weighted by Gasteiger charge is -2.32. The fourth-order valence-corrected chi connectivity index (χ4v) is 2.91. The van der Waals surface area contributed by atoms with E-state index in [0.29, 0.717) is 23.4 Å². The Hall–Kier alpha value is -2.06. The van der Waals surface area contributed by atoms with Crippen LogP contribution < -0.4 is 11.1 Å². The van der Waals surface area contributed by atoms with Crippen molar-refractivity contribution in [1.29, 1.82) is 0 Å². The third-order valence-electron chi connectivity index (χ3n) is 4.51. The zero-order chi connectivity index (χ0) is 18.5. The molecule has 2 amide bonds. The van der Waals surface area contributed by atoms with Gasteiger partial charge in [0.2, 0.25) is 5.91 Å². The fraction of sp³-hybridized carbons (Fsp3) is 0.368. The average molecular weight is 429 g/mol. The van der Waals surface area contributed by atoms with Crippen LogP contribution in [0, 0.1) is 0 Å². The van der Waals surface area contributed by atoms with Crippen molar-refractivity contribution < 1.29 is 14.0 Å². The average Bonchev–Trinajstić information content (AvgIpc) is 3.12. The van der Waals surface area contributed by atoms with E-state index in [1.54, 1.807) is 12.1 Å². The first-order chi connectivity index (χ1) is 12.5. The van der Waals surface area contributed by atoms with E-state index in [9.17, 15) is 9.59 Å². The molecular weight excluding hydrogens is 403 g/mol. The summed E-state index contributed by atoms with van der Waals surface area (Å²) in [6.45, 7) is 3.57. The Morgan fingerprint density at radius 2 is 1.86 bits per heavy atom. The van der Waals surface area contributed by atoms with E-state index in [1.807, 2.05) is 23.1 Å². The lowest BCUT2D eigenvalue weighted by Crippen LogP contribution is -2.47. The number of furan rings is 1. The number of hydrogen-bond donors (Lipinski definition) is 2. The normalized spacial score (nSPS) is 14.0. The molecule has 0 saturated carbocycles. The number of likely N-dealkylation sites (N-methyl/N-ethyl adjacent to an activating group) is 1. The summed E-state index contributed by atoms with van der Waals surface area (Å²) in [4.78, 5) is 28.8. The first-order valence-electron chi connectivity index (χ1n) is 8.69. The lowest BCUT2D eigenvalue weighted by molar-refractivity contribution is -0.132. The monoisotopic (exact) mass is 428 g/mol. The highest BCUT2D eigenvalue weighted by molar-refractivity contribution is 6.04. The minimum Gasteiger partial charge on any atom is -0.467 e. The molecule has 154 valence electrons. The molecule has 1 aliphatic rings. The van der Waals surface area contributed by atoms with Crippen LogP contribution in [0.3, 0.4) is 0 Å². The standard InChI is InChI=1S/C19H24N4O3.2ClH/c1-22-5-7-23(8-6-22)18(24)10-14-3-2-4-16(9-14)21-19(25)15-11-17(12-20)26-13-15;;/h2-4,9,11,13H,5-8,10,12,20H2,1H3,(H,21,25);2*1H. The van der Waals surface area contributed by atoms with Gasteiger partial charge in [0.05, 0.1) is 18.5 Å². The Balaban J connectivity index is 0.00000196. The third-order valence-corrected chi connectivity index (χ3v) is 4.51. The van der Waals surface area contributed by atoms with Gasteiger partial charge < -0.3 is 25.3 Å². The number of benzene rings is 1. The number of hydrogen-bond acceptors (Lipinski definition) is 5. The van der Waals surface area contributed by atoms with Gasteiger partial charge in [0.15, 0.2) is 0 Å². The van der Waals surface area contributed by atoms with Crippen molar-refractivity contribution in [2.45, 2.75) is 13.0 Å². The van der Waals surface area contributed by atoms with Crippen molar-refractivity contribution in [3.05, 3.63) is 53.5 Å². The van der Waals surface area contributed by atoms with Crippen LogP contribution in [0.1, 0.15) is 21.7 Å². The lowest BCUT2D eigenvalue weighted by atomic mass is 10.1. The molecule has 1 aromatic carbocycles. The summed E-state index contributed by atoms with van der Waals surface area (Å²) in [7, 11) is 2.06. The van der Waals surface area contributed by atoms with Gasteiger partial charge in [0.1, 0.15) is 12.0 Å². The Morgan fingerprint density at radius 3 is 2.50 bits per heavy atom. The summed E-state index contributed by atoms with van der Waals surface area (Å²) in [6, 6.07) is 8.98. The second kappa shape index (κ2) is 11.1. The Morgan fingerprint density at radius 1 is 1.14 bits per heavy atom. The number of carbonyl (C=O) groups is 2.